The van der Waals surface area contributed by atoms with Crippen molar-refractivity contribution in [2.45, 2.75) is 45.1 Å². The topological polar surface area (TPSA) is 98.8 Å². The number of anilines is 6. The largest absolute Gasteiger partial charge is 0.494 e. The third kappa shape index (κ3) is 5.83. The molecule has 2 aliphatic rings. The number of pyridine rings is 1. The predicted molar refractivity (Wildman–Crippen MR) is 165 cm³/mol. The first-order valence-electron chi connectivity index (χ1n) is 14.0. The number of amides is 1. The van der Waals surface area contributed by atoms with Crippen LogP contribution < -0.4 is 25.2 Å². The van der Waals surface area contributed by atoms with Crippen LogP contribution in [0.1, 0.15) is 38.1 Å². The summed E-state index contributed by atoms with van der Waals surface area (Å²) in [7, 11) is 5.80. The molecule has 0 bridgehead atoms. The summed E-state index contributed by atoms with van der Waals surface area (Å²) in [6, 6.07) is 10.2. The summed E-state index contributed by atoms with van der Waals surface area (Å²) in [4.78, 5) is 33.4. The second-order valence-electron chi connectivity index (χ2n) is 11.7. The molecule has 2 aliphatic heterocycles. The van der Waals surface area contributed by atoms with Crippen molar-refractivity contribution in [3.05, 3.63) is 60.6 Å². The lowest BCUT2D eigenvalue weighted by molar-refractivity contribution is -0.111. The number of hydrogen-bond acceptors (Lipinski definition) is 9. The van der Waals surface area contributed by atoms with Crippen LogP contribution >= 0.6 is 0 Å². The quantitative estimate of drug-likeness (QED) is 0.352. The fraction of sp³-hybridized carbons (Fsp3) is 0.419. The van der Waals surface area contributed by atoms with Crippen LogP contribution in [-0.4, -0.2) is 72.6 Å². The van der Waals surface area contributed by atoms with Crippen molar-refractivity contribution >= 4 is 40.4 Å². The zero-order valence-electron chi connectivity index (χ0n) is 24.9. The number of ether oxygens (including phenoxy) is 1. The molecule has 216 valence electrons. The summed E-state index contributed by atoms with van der Waals surface area (Å²) in [6.45, 7) is 12.6. The van der Waals surface area contributed by atoms with Gasteiger partial charge in [0.2, 0.25) is 11.9 Å². The molecule has 3 aromatic rings. The fourth-order valence-corrected chi connectivity index (χ4v) is 5.83. The van der Waals surface area contributed by atoms with Gasteiger partial charge in [-0.1, -0.05) is 20.4 Å². The first-order chi connectivity index (χ1) is 19.6. The minimum atomic E-state index is -0.275. The lowest BCUT2D eigenvalue weighted by atomic mass is 9.91. The summed E-state index contributed by atoms with van der Waals surface area (Å²) in [5.41, 5.74) is 5.25. The number of carbonyl (C=O) groups excluding carboxylic acids is 1. The molecule has 41 heavy (non-hydrogen) atoms. The van der Waals surface area contributed by atoms with Gasteiger partial charge in [0, 0.05) is 49.0 Å². The van der Waals surface area contributed by atoms with Crippen molar-refractivity contribution in [1.82, 2.24) is 19.9 Å². The van der Waals surface area contributed by atoms with Crippen LogP contribution in [0, 0.1) is 6.92 Å². The zero-order chi connectivity index (χ0) is 29.3. The predicted octanol–water partition coefficient (Wildman–Crippen LogP) is 5.02. The number of aromatic nitrogens is 3. The van der Waals surface area contributed by atoms with Crippen LogP contribution in [0.25, 0.3) is 0 Å². The molecule has 4 heterocycles. The van der Waals surface area contributed by atoms with Gasteiger partial charge in [0.15, 0.2) is 0 Å². The maximum Gasteiger partial charge on any atom is 0.247 e. The van der Waals surface area contributed by atoms with Crippen LogP contribution in [0.15, 0.2) is 49.2 Å². The minimum absolute atomic E-state index is 0.114. The van der Waals surface area contributed by atoms with Crippen LogP contribution in [0.3, 0.4) is 0 Å². The summed E-state index contributed by atoms with van der Waals surface area (Å²) < 4.78 is 5.83. The smallest absolute Gasteiger partial charge is 0.247 e. The van der Waals surface area contributed by atoms with Crippen LogP contribution in [0.4, 0.5) is 34.5 Å². The number of benzene rings is 1. The highest BCUT2D eigenvalue weighted by molar-refractivity contribution is 6.02. The molecule has 1 fully saturated rings. The zero-order valence-corrected chi connectivity index (χ0v) is 24.9. The highest BCUT2D eigenvalue weighted by Crippen LogP contribution is 2.44. The number of fused-ring (bicyclic) bond motifs is 1. The van der Waals surface area contributed by atoms with E-state index in [1.165, 1.54) is 6.08 Å². The molecule has 1 amide bonds. The molecule has 0 radical (unpaired) electrons. The number of likely N-dealkylation sites (N-methyl/N-ethyl adjacent to an activating group) is 1. The number of hydrogen-bond donors (Lipinski definition) is 2. The standard InChI is InChI=1S/C31H40N8O2/c1-8-28(40)34-22-16-23(26(41-7)17-25(22)38-15-9-10-21(38)18-37(5)6)35-30-32-14-13-27(36-30)39-19-31(3,4)29-24(39)12-11-20(2)33-29/h8,11-14,16-17,21H,1,9-10,15,18-19H2,2-7H3,(H,34,40)(H,32,35,36)/t21-/m1/s1. The molecule has 0 spiro atoms. The van der Waals surface area contributed by atoms with E-state index in [4.69, 9.17) is 14.7 Å². The van der Waals surface area contributed by atoms with Gasteiger partial charge >= 0.3 is 0 Å². The Kier molecular flexibility index (Phi) is 7.86. The normalized spacial score (nSPS) is 17.5. The summed E-state index contributed by atoms with van der Waals surface area (Å²) in [5, 5.41) is 6.35. The van der Waals surface area contributed by atoms with E-state index >= 15 is 0 Å². The number of aryl methyl sites for hydroxylation is 1. The van der Waals surface area contributed by atoms with Gasteiger partial charge in [-0.2, -0.15) is 4.98 Å². The van der Waals surface area contributed by atoms with E-state index in [-0.39, 0.29) is 11.3 Å². The number of carbonyl (C=O) groups is 1. The molecule has 1 atom stereocenters. The van der Waals surface area contributed by atoms with Crippen molar-refractivity contribution in [2.24, 2.45) is 0 Å². The van der Waals surface area contributed by atoms with Gasteiger partial charge in [-0.3, -0.25) is 9.78 Å². The molecule has 2 N–H and O–H groups in total. The Balaban J connectivity index is 1.49. The van der Waals surface area contributed by atoms with Gasteiger partial charge in [-0.25, -0.2) is 4.98 Å². The summed E-state index contributed by atoms with van der Waals surface area (Å²) in [6.07, 6.45) is 5.19. The second-order valence-corrected chi connectivity index (χ2v) is 11.7. The Hall–Kier alpha value is -4.18. The summed E-state index contributed by atoms with van der Waals surface area (Å²) in [5.74, 6) is 1.56. The molecule has 2 aromatic heterocycles. The van der Waals surface area contributed by atoms with E-state index in [1.807, 2.05) is 31.2 Å². The van der Waals surface area contributed by atoms with E-state index in [2.05, 4.69) is 70.9 Å². The lowest BCUT2D eigenvalue weighted by Gasteiger charge is -2.31. The summed E-state index contributed by atoms with van der Waals surface area (Å²) >= 11 is 0. The van der Waals surface area contributed by atoms with Crippen LogP contribution in [0.2, 0.25) is 0 Å². The van der Waals surface area contributed by atoms with Crippen molar-refractivity contribution in [3.8, 4) is 5.75 Å². The third-order valence-electron chi connectivity index (χ3n) is 7.69. The van der Waals surface area contributed by atoms with E-state index in [1.54, 1.807) is 13.3 Å². The molecule has 1 aromatic carbocycles. The first kappa shape index (κ1) is 28.4. The van der Waals surface area contributed by atoms with Crippen molar-refractivity contribution < 1.29 is 9.53 Å². The Morgan fingerprint density at radius 3 is 2.73 bits per heavy atom. The molecule has 0 saturated carbocycles. The Labute approximate surface area is 242 Å². The van der Waals surface area contributed by atoms with Gasteiger partial charge in [0.25, 0.3) is 0 Å². The Morgan fingerprint density at radius 2 is 2.00 bits per heavy atom. The third-order valence-corrected chi connectivity index (χ3v) is 7.69. The minimum Gasteiger partial charge on any atom is -0.494 e. The lowest BCUT2D eigenvalue weighted by Crippen LogP contribution is -2.38. The average Bonchev–Trinajstić information content (AvgIpc) is 3.49. The van der Waals surface area contributed by atoms with Crippen molar-refractivity contribution in [1.29, 1.82) is 0 Å². The van der Waals surface area contributed by atoms with Gasteiger partial charge < -0.3 is 30.1 Å². The molecule has 0 aliphatic carbocycles. The molecule has 1 saturated heterocycles. The van der Waals surface area contributed by atoms with E-state index in [0.29, 0.717) is 29.1 Å². The number of nitrogens with one attached hydrogen (secondary N) is 2. The first-order valence-corrected chi connectivity index (χ1v) is 14.0. The number of nitrogens with zero attached hydrogens (tertiary/aromatic N) is 6. The van der Waals surface area contributed by atoms with Gasteiger partial charge in [-0.05, 0) is 64.2 Å². The molecular weight excluding hydrogens is 516 g/mol. The van der Waals surface area contributed by atoms with E-state index < -0.39 is 0 Å². The van der Waals surface area contributed by atoms with Gasteiger partial charge in [0.05, 0.1) is 35.6 Å². The van der Waals surface area contributed by atoms with E-state index in [0.717, 1.165) is 61.1 Å². The molecule has 5 rings (SSSR count). The van der Waals surface area contributed by atoms with E-state index in [9.17, 15) is 4.79 Å². The Morgan fingerprint density at radius 1 is 1.20 bits per heavy atom. The second kappa shape index (κ2) is 11.4. The monoisotopic (exact) mass is 556 g/mol. The average molecular weight is 557 g/mol. The fourth-order valence-electron chi connectivity index (χ4n) is 5.83. The van der Waals surface area contributed by atoms with Gasteiger partial charge in [0.1, 0.15) is 11.6 Å². The van der Waals surface area contributed by atoms with Crippen LogP contribution in [-0.2, 0) is 10.2 Å². The van der Waals surface area contributed by atoms with Gasteiger partial charge in [-0.15, -0.1) is 0 Å². The molecular formula is C31H40N8O2. The SMILES string of the molecule is C=CC(=O)Nc1cc(Nc2nccc(N3CC(C)(C)c4nc(C)ccc43)n2)c(OC)cc1N1CCC[C@@H]1CN(C)C. The molecule has 10 nitrogen and oxygen atoms in total. The maximum absolute atomic E-state index is 12.5. The Bertz CT molecular complexity index is 1450. The molecule has 0 unspecified atom stereocenters. The number of rotatable bonds is 9. The molecule has 10 heteroatoms. The number of methoxy groups -OCH3 is 1. The van der Waals surface area contributed by atoms with Crippen LogP contribution in [0.5, 0.6) is 5.75 Å². The highest BCUT2D eigenvalue weighted by atomic mass is 16.5. The van der Waals surface area contributed by atoms with Crippen molar-refractivity contribution in [2.75, 3.05) is 61.3 Å². The highest BCUT2D eigenvalue weighted by Gasteiger charge is 2.38. The maximum atomic E-state index is 12.5. The van der Waals surface area contributed by atoms with Crippen molar-refractivity contribution in [3.63, 3.8) is 0 Å².